The van der Waals surface area contributed by atoms with Gasteiger partial charge < -0.3 is 14.8 Å². The van der Waals surface area contributed by atoms with Gasteiger partial charge in [-0.25, -0.2) is 0 Å². The van der Waals surface area contributed by atoms with Gasteiger partial charge in [-0.3, -0.25) is 4.79 Å². The fourth-order valence-electron chi connectivity index (χ4n) is 0.860. The first kappa shape index (κ1) is 14.7. The number of hydrogen-bond acceptors (Lipinski definition) is 4. The van der Waals surface area contributed by atoms with Crippen molar-refractivity contribution < 1.29 is 14.3 Å². The number of nitrogens with zero attached hydrogens (tertiary/aromatic N) is 3. The zero-order valence-electron chi connectivity index (χ0n) is 9.52. The number of carbonyl (C=O) groups is 1. The SMILES string of the molecule is CCC(=O)NCCOCCOCCN=[N+]=[N-]. The number of carbonyl (C=O) groups excluding carboxylic acids is 1. The number of rotatable bonds is 10. The molecular formula is C9H18N4O3. The second kappa shape index (κ2) is 11.8. The second-order valence-corrected chi connectivity index (χ2v) is 2.88. The van der Waals surface area contributed by atoms with Crippen molar-refractivity contribution in [3.8, 4) is 0 Å². The summed E-state index contributed by atoms with van der Waals surface area (Å²) in [6, 6.07) is 0. The first-order chi connectivity index (χ1) is 7.81. The molecule has 0 bridgehead atoms. The van der Waals surface area contributed by atoms with Gasteiger partial charge in [0.15, 0.2) is 0 Å². The third-order valence-electron chi connectivity index (χ3n) is 1.66. The van der Waals surface area contributed by atoms with Crippen LogP contribution < -0.4 is 5.32 Å². The molecule has 7 heteroatoms. The predicted molar refractivity (Wildman–Crippen MR) is 59.0 cm³/mol. The van der Waals surface area contributed by atoms with Crippen molar-refractivity contribution in [3.63, 3.8) is 0 Å². The van der Waals surface area contributed by atoms with E-state index in [-0.39, 0.29) is 5.91 Å². The molecule has 1 amide bonds. The van der Waals surface area contributed by atoms with Gasteiger partial charge in [0.05, 0.1) is 26.4 Å². The van der Waals surface area contributed by atoms with Crippen molar-refractivity contribution in [3.05, 3.63) is 10.4 Å². The van der Waals surface area contributed by atoms with E-state index in [4.69, 9.17) is 15.0 Å². The van der Waals surface area contributed by atoms with Gasteiger partial charge in [-0.15, -0.1) is 0 Å². The normalized spacial score (nSPS) is 9.56. The molecule has 0 rings (SSSR count). The van der Waals surface area contributed by atoms with Gasteiger partial charge in [0.25, 0.3) is 0 Å². The molecule has 0 aromatic rings. The Kier molecular flexibility index (Phi) is 10.8. The summed E-state index contributed by atoms with van der Waals surface area (Å²) in [6.45, 7) is 4.47. The van der Waals surface area contributed by atoms with Crippen LogP contribution >= 0.6 is 0 Å². The molecule has 0 heterocycles. The molecule has 0 fully saturated rings. The summed E-state index contributed by atoms with van der Waals surface area (Å²) < 4.78 is 10.3. The lowest BCUT2D eigenvalue weighted by molar-refractivity contribution is -0.121. The van der Waals surface area contributed by atoms with Crippen molar-refractivity contribution >= 4 is 5.91 Å². The van der Waals surface area contributed by atoms with Gasteiger partial charge >= 0.3 is 0 Å². The van der Waals surface area contributed by atoms with E-state index in [2.05, 4.69) is 15.3 Å². The highest BCUT2D eigenvalue weighted by molar-refractivity contribution is 5.75. The molecule has 0 radical (unpaired) electrons. The van der Waals surface area contributed by atoms with Crippen LogP contribution in [0.5, 0.6) is 0 Å². The summed E-state index contributed by atoms with van der Waals surface area (Å²) in [5.74, 6) is 0.0224. The lowest BCUT2D eigenvalue weighted by Gasteiger charge is -2.05. The highest BCUT2D eigenvalue weighted by Crippen LogP contribution is 1.80. The molecule has 0 aromatic carbocycles. The van der Waals surface area contributed by atoms with Crippen LogP contribution in [0.25, 0.3) is 10.4 Å². The molecule has 0 aliphatic carbocycles. The Hall–Kier alpha value is -1.30. The maximum Gasteiger partial charge on any atom is 0.219 e. The molecule has 0 aliphatic heterocycles. The van der Waals surface area contributed by atoms with Crippen LogP contribution in [0.3, 0.4) is 0 Å². The van der Waals surface area contributed by atoms with E-state index in [0.29, 0.717) is 45.9 Å². The molecule has 16 heavy (non-hydrogen) atoms. The number of hydrogen-bond donors (Lipinski definition) is 1. The minimum atomic E-state index is 0.0224. The van der Waals surface area contributed by atoms with Crippen LogP contribution in [0.1, 0.15) is 13.3 Å². The van der Waals surface area contributed by atoms with Crippen LogP contribution in [0.4, 0.5) is 0 Å². The Bertz CT molecular complexity index is 229. The minimum absolute atomic E-state index is 0.0224. The summed E-state index contributed by atoms with van der Waals surface area (Å²) in [5, 5.41) is 6.01. The molecule has 0 aromatic heterocycles. The molecule has 0 saturated heterocycles. The van der Waals surface area contributed by atoms with Gasteiger partial charge in [0.1, 0.15) is 0 Å². The average molecular weight is 230 g/mol. The first-order valence-corrected chi connectivity index (χ1v) is 5.24. The van der Waals surface area contributed by atoms with Crippen molar-refractivity contribution in [2.45, 2.75) is 13.3 Å². The average Bonchev–Trinajstić information content (AvgIpc) is 2.31. The lowest BCUT2D eigenvalue weighted by Crippen LogP contribution is -2.26. The van der Waals surface area contributed by atoms with E-state index in [9.17, 15) is 4.79 Å². The molecule has 7 nitrogen and oxygen atoms in total. The Morgan fingerprint density at radius 2 is 2.00 bits per heavy atom. The van der Waals surface area contributed by atoms with E-state index in [0.717, 1.165) is 0 Å². The maximum absolute atomic E-state index is 10.8. The predicted octanol–water partition coefficient (Wildman–Crippen LogP) is 0.856. The second-order valence-electron chi connectivity index (χ2n) is 2.88. The molecule has 0 saturated carbocycles. The molecule has 0 spiro atoms. The van der Waals surface area contributed by atoms with Crippen molar-refractivity contribution in [1.82, 2.24) is 5.32 Å². The van der Waals surface area contributed by atoms with Crippen LogP contribution in [0.15, 0.2) is 5.11 Å². The molecule has 0 aliphatic rings. The number of azide groups is 1. The minimum Gasteiger partial charge on any atom is -0.379 e. The topological polar surface area (TPSA) is 96.3 Å². The van der Waals surface area contributed by atoms with Gasteiger partial charge in [-0.2, -0.15) is 0 Å². The molecule has 0 atom stereocenters. The summed E-state index contributed by atoms with van der Waals surface area (Å²) in [5.41, 5.74) is 7.97. The van der Waals surface area contributed by atoms with E-state index in [1.54, 1.807) is 6.92 Å². The van der Waals surface area contributed by atoms with Gasteiger partial charge in [0.2, 0.25) is 5.91 Å². The summed E-state index contributed by atoms with van der Waals surface area (Å²) in [6.07, 6.45) is 0.489. The number of nitrogens with one attached hydrogen (secondary N) is 1. The fraction of sp³-hybridized carbons (Fsp3) is 0.889. The van der Waals surface area contributed by atoms with Gasteiger partial charge in [-0.1, -0.05) is 12.0 Å². The Labute approximate surface area is 94.7 Å². The molecular weight excluding hydrogens is 212 g/mol. The summed E-state index contributed by atoms with van der Waals surface area (Å²) in [7, 11) is 0. The zero-order valence-corrected chi connectivity index (χ0v) is 9.52. The van der Waals surface area contributed by atoms with E-state index < -0.39 is 0 Å². The van der Waals surface area contributed by atoms with Crippen LogP contribution in [-0.2, 0) is 14.3 Å². The number of ether oxygens (including phenoxy) is 2. The molecule has 92 valence electrons. The quantitative estimate of drug-likeness (QED) is 0.261. The number of amides is 1. The van der Waals surface area contributed by atoms with Crippen LogP contribution in [0.2, 0.25) is 0 Å². The highest BCUT2D eigenvalue weighted by atomic mass is 16.5. The summed E-state index contributed by atoms with van der Waals surface area (Å²) >= 11 is 0. The Balaban J connectivity index is 3.04. The van der Waals surface area contributed by atoms with Crippen LogP contribution in [0, 0.1) is 0 Å². The highest BCUT2D eigenvalue weighted by Gasteiger charge is 1.94. The van der Waals surface area contributed by atoms with E-state index in [1.165, 1.54) is 0 Å². The van der Waals surface area contributed by atoms with Crippen molar-refractivity contribution in [2.75, 3.05) is 39.5 Å². The largest absolute Gasteiger partial charge is 0.379 e. The van der Waals surface area contributed by atoms with Crippen molar-refractivity contribution in [1.29, 1.82) is 0 Å². The van der Waals surface area contributed by atoms with E-state index >= 15 is 0 Å². The summed E-state index contributed by atoms with van der Waals surface area (Å²) in [4.78, 5) is 13.4. The maximum atomic E-state index is 10.8. The third-order valence-corrected chi connectivity index (χ3v) is 1.66. The first-order valence-electron chi connectivity index (χ1n) is 5.24. The van der Waals surface area contributed by atoms with Crippen LogP contribution in [-0.4, -0.2) is 45.4 Å². The van der Waals surface area contributed by atoms with E-state index in [1.807, 2.05) is 0 Å². The Morgan fingerprint density at radius 3 is 2.62 bits per heavy atom. The van der Waals surface area contributed by atoms with Gasteiger partial charge in [-0.05, 0) is 5.53 Å². The van der Waals surface area contributed by atoms with Crippen molar-refractivity contribution in [2.24, 2.45) is 5.11 Å². The zero-order chi connectivity index (χ0) is 12.1. The molecule has 1 N–H and O–H groups in total. The fourth-order valence-corrected chi connectivity index (χ4v) is 0.860. The smallest absolute Gasteiger partial charge is 0.219 e. The standard InChI is InChI=1S/C9H18N4O3/c1-2-9(14)11-3-5-15-7-8-16-6-4-12-13-10/h2-8H2,1H3,(H,11,14). The van der Waals surface area contributed by atoms with Gasteiger partial charge in [0, 0.05) is 24.4 Å². The molecule has 0 unspecified atom stereocenters. The lowest BCUT2D eigenvalue weighted by atomic mass is 10.4. The monoisotopic (exact) mass is 230 g/mol. The third kappa shape index (κ3) is 10.8. The Morgan fingerprint density at radius 1 is 1.31 bits per heavy atom.